The normalized spacial score (nSPS) is 14.0. The first-order valence-corrected chi connectivity index (χ1v) is 10.8. The highest BCUT2D eigenvalue weighted by atomic mass is 35.5. The average Bonchev–Trinajstić information content (AvgIpc) is 3.25. The average molecular weight is 481 g/mol. The van der Waals surface area contributed by atoms with Crippen LogP contribution in [0.25, 0.3) is 0 Å². The van der Waals surface area contributed by atoms with E-state index in [0.717, 1.165) is 0 Å². The summed E-state index contributed by atoms with van der Waals surface area (Å²) in [6, 6.07) is 1.90. The number of ether oxygens (including phenoxy) is 1. The van der Waals surface area contributed by atoms with E-state index in [9.17, 15) is 14.4 Å². The van der Waals surface area contributed by atoms with E-state index in [4.69, 9.17) is 20.9 Å². The Kier molecular flexibility index (Phi) is 9.15. The molecule has 3 atom stereocenters. The second-order valence-electron chi connectivity index (χ2n) is 8.60. The molecule has 0 aliphatic rings. The Morgan fingerprint density at radius 3 is 2.39 bits per heavy atom. The summed E-state index contributed by atoms with van der Waals surface area (Å²) in [6.07, 6.45) is 2.95. The second kappa shape index (κ2) is 11.6. The molecule has 0 saturated heterocycles. The smallest absolute Gasteiger partial charge is 0.407 e. The van der Waals surface area contributed by atoms with E-state index in [1.807, 2.05) is 6.92 Å². The molecular weight excluding hydrogens is 452 g/mol. The summed E-state index contributed by atoms with van der Waals surface area (Å²) < 4.78 is 10.1. The van der Waals surface area contributed by atoms with Gasteiger partial charge in [0.25, 0.3) is 0 Å². The summed E-state index contributed by atoms with van der Waals surface area (Å²) >= 11 is 5.78. The Hall–Kier alpha value is -3.21. The number of nitrogens with one attached hydrogen (secondary N) is 3. The van der Waals surface area contributed by atoms with Crippen LogP contribution >= 0.6 is 11.6 Å². The summed E-state index contributed by atoms with van der Waals surface area (Å²) in [5.74, 6) is -1.13. The highest BCUT2D eigenvalue weighted by molar-refractivity contribution is 6.39. The Bertz CT molecular complexity index is 930. The van der Waals surface area contributed by atoms with Crippen LogP contribution in [0.15, 0.2) is 29.2 Å². The largest absolute Gasteiger partial charge is 0.444 e. The molecular formula is C21H29ClN6O5. The van der Waals surface area contributed by atoms with Gasteiger partial charge in [-0.3, -0.25) is 9.59 Å². The van der Waals surface area contributed by atoms with E-state index < -0.39 is 35.6 Å². The van der Waals surface area contributed by atoms with Gasteiger partial charge in [0, 0.05) is 24.2 Å². The third-order valence-electron chi connectivity index (χ3n) is 4.57. The van der Waals surface area contributed by atoms with E-state index >= 15 is 0 Å². The van der Waals surface area contributed by atoms with Crippen LogP contribution in [0.1, 0.15) is 59.2 Å². The minimum absolute atomic E-state index is 0.0658. The third-order valence-corrected chi connectivity index (χ3v) is 4.79. The van der Waals surface area contributed by atoms with E-state index in [1.165, 1.54) is 24.7 Å². The molecule has 11 nitrogen and oxygen atoms in total. The number of aromatic nitrogens is 3. The number of carbonyl (C=O) groups excluding carboxylic acids is 3. The van der Waals surface area contributed by atoms with Crippen LogP contribution in [0.4, 0.5) is 10.6 Å². The number of alkyl carbamates (subject to hydrolysis) is 1. The zero-order valence-corrected chi connectivity index (χ0v) is 20.0. The molecule has 180 valence electrons. The SMILES string of the molecule is C[C@H](CC[C@H](NC(=O)C(=O)Nc1ccc(Cl)cn1)[C@@H](C)NC(=O)OC(C)(C)C)c1ncon1. The van der Waals surface area contributed by atoms with Gasteiger partial charge in [0.2, 0.25) is 6.39 Å². The van der Waals surface area contributed by atoms with Crippen molar-refractivity contribution in [3.63, 3.8) is 0 Å². The maximum atomic E-state index is 12.6. The molecule has 3 N–H and O–H groups in total. The number of pyridine rings is 1. The van der Waals surface area contributed by atoms with Gasteiger partial charge in [0.15, 0.2) is 5.82 Å². The van der Waals surface area contributed by atoms with Gasteiger partial charge >= 0.3 is 17.9 Å². The molecule has 0 spiro atoms. The van der Waals surface area contributed by atoms with E-state index in [-0.39, 0.29) is 11.7 Å². The molecule has 33 heavy (non-hydrogen) atoms. The molecule has 0 unspecified atom stereocenters. The molecule has 2 rings (SSSR count). The standard InChI is InChI=1S/C21H29ClN6O5/c1-12(17-24-11-32-28-17)6-8-15(13(2)25-20(31)33-21(3,4)5)26-18(29)19(30)27-16-9-7-14(22)10-23-16/h7,9-13,15H,6,8H2,1-5H3,(H,25,31)(H,26,29)(H,23,27,30)/t12-,13-,15+/m1/s1. The van der Waals surface area contributed by atoms with Gasteiger partial charge in [-0.1, -0.05) is 23.7 Å². The first-order chi connectivity index (χ1) is 15.4. The van der Waals surface area contributed by atoms with Gasteiger partial charge in [0.05, 0.1) is 5.02 Å². The fraction of sp³-hybridized carbons (Fsp3) is 0.524. The van der Waals surface area contributed by atoms with E-state index in [2.05, 4.69) is 31.1 Å². The quantitative estimate of drug-likeness (QED) is 0.488. The maximum Gasteiger partial charge on any atom is 0.407 e. The summed E-state index contributed by atoms with van der Waals surface area (Å²) in [5.41, 5.74) is -0.679. The van der Waals surface area contributed by atoms with Crippen molar-refractivity contribution in [2.75, 3.05) is 5.32 Å². The number of hydrogen-bond donors (Lipinski definition) is 3. The highest BCUT2D eigenvalue weighted by Crippen LogP contribution is 2.19. The van der Waals surface area contributed by atoms with Gasteiger partial charge in [-0.15, -0.1) is 0 Å². The van der Waals surface area contributed by atoms with Crippen molar-refractivity contribution in [1.29, 1.82) is 0 Å². The van der Waals surface area contributed by atoms with Crippen LogP contribution < -0.4 is 16.0 Å². The van der Waals surface area contributed by atoms with Crippen molar-refractivity contribution in [3.05, 3.63) is 35.6 Å². The molecule has 0 radical (unpaired) electrons. The van der Waals surface area contributed by atoms with Crippen LogP contribution in [0.5, 0.6) is 0 Å². The Labute approximate surface area is 197 Å². The molecule has 0 fully saturated rings. The predicted molar refractivity (Wildman–Crippen MR) is 121 cm³/mol. The molecule has 12 heteroatoms. The zero-order chi connectivity index (χ0) is 24.6. The van der Waals surface area contributed by atoms with Crippen molar-refractivity contribution in [2.24, 2.45) is 0 Å². The monoisotopic (exact) mass is 480 g/mol. The maximum absolute atomic E-state index is 12.6. The number of rotatable bonds is 8. The highest BCUT2D eigenvalue weighted by Gasteiger charge is 2.27. The zero-order valence-electron chi connectivity index (χ0n) is 19.2. The van der Waals surface area contributed by atoms with E-state index in [1.54, 1.807) is 27.7 Å². The molecule has 0 bridgehead atoms. The minimum Gasteiger partial charge on any atom is -0.444 e. The summed E-state index contributed by atoms with van der Waals surface area (Å²) in [6.45, 7) is 8.87. The van der Waals surface area contributed by atoms with Crippen molar-refractivity contribution in [1.82, 2.24) is 25.8 Å². The van der Waals surface area contributed by atoms with Crippen LogP contribution in [0.3, 0.4) is 0 Å². The van der Waals surface area contributed by atoms with Crippen molar-refractivity contribution < 1.29 is 23.6 Å². The lowest BCUT2D eigenvalue weighted by molar-refractivity contribution is -0.136. The molecule has 0 aliphatic heterocycles. The summed E-state index contributed by atoms with van der Waals surface area (Å²) in [5, 5.41) is 12.0. The third kappa shape index (κ3) is 9.05. The Morgan fingerprint density at radius 1 is 1.09 bits per heavy atom. The molecule has 0 aromatic carbocycles. The van der Waals surface area contributed by atoms with E-state index in [0.29, 0.717) is 23.7 Å². The number of hydrogen-bond acceptors (Lipinski definition) is 8. The predicted octanol–water partition coefficient (Wildman–Crippen LogP) is 3.04. The van der Waals surface area contributed by atoms with Gasteiger partial charge in [-0.2, -0.15) is 4.98 Å². The number of nitrogens with zero attached hydrogens (tertiary/aromatic N) is 3. The van der Waals surface area contributed by atoms with Gasteiger partial charge < -0.3 is 25.2 Å². The topological polar surface area (TPSA) is 148 Å². The van der Waals surface area contributed by atoms with Gasteiger partial charge in [-0.25, -0.2) is 9.78 Å². The van der Waals surface area contributed by atoms with Crippen molar-refractivity contribution in [2.45, 2.75) is 71.1 Å². The fourth-order valence-corrected chi connectivity index (χ4v) is 2.96. The fourth-order valence-electron chi connectivity index (χ4n) is 2.85. The number of halogens is 1. The molecule has 0 aliphatic carbocycles. The lowest BCUT2D eigenvalue weighted by atomic mass is 9.97. The second-order valence-corrected chi connectivity index (χ2v) is 9.03. The minimum atomic E-state index is -0.898. The van der Waals surface area contributed by atoms with Crippen molar-refractivity contribution in [3.8, 4) is 0 Å². The van der Waals surface area contributed by atoms with Gasteiger partial charge in [-0.05, 0) is 52.7 Å². The molecule has 3 amide bonds. The summed E-state index contributed by atoms with van der Waals surface area (Å²) in [7, 11) is 0. The number of carbonyl (C=O) groups is 3. The van der Waals surface area contributed by atoms with Crippen LogP contribution in [-0.2, 0) is 14.3 Å². The first-order valence-electron chi connectivity index (χ1n) is 10.4. The molecule has 2 heterocycles. The first kappa shape index (κ1) is 26.0. The molecule has 2 aromatic rings. The van der Waals surface area contributed by atoms with Crippen molar-refractivity contribution >= 4 is 35.3 Å². The van der Waals surface area contributed by atoms with Crippen LogP contribution in [0.2, 0.25) is 5.02 Å². The number of anilines is 1. The van der Waals surface area contributed by atoms with Crippen LogP contribution in [-0.4, -0.2) is 50.7 Å². The lowest BCUT2D eigenvalue weighted by Crippen LogP contribution is -2.53. The molecule has 0 saturated carbocycles. The van der Waals surface area contributed by atoms with Crippen LogP contribution in [0, 0.1) is 0 Å². The Morgan fingerprint density at radius 2 is 1.82 bits per heavy atom. The molecule has 2 aromatic heterocycles. The van der Waals surface area contributed by atoms with Gasteiger partial charge in [0.1, 0.15) is 11.4 Å². The Balaban J connectivity index is 2.04. The lowest BCUT2D eigenvalue weighted by Gasteiger charge is -2.28. The number of amides is 3. The summed E-state index contributed by atoms with van der Waals surface area (Å²) in [4.78, 5) is 45.1.